The van der Waals surface area contributed by atoms with Crippen molar-refractivity contribution in [3.8, 4) is 11.1 Å². The van der Waals surface area contributed by atoms with Crippen LogP contribution in [0.1, 0.15) is 0 Å². The monoisotopic (exact) mass is 312 g/mol. The Morgan fingerprint density at radius 3 is 1.07 bits per heavy atom. The van der Waals surface area contributed by atoms with Crippen LogP contribution in [-0.2, 0) is 0 Å². The molecule has 2 aromatic rings. The van der Waals surface area contributed by atoms with Gasteiger partial charge < -0.3 is 0 Å². The summed E-state index contributed by atoms with van der Waals surface area (Å²) in [7, 11) is 0. The van der Waals surface area contributed by atoms with Crippen LogP contribution in [0.5, 0.6) is 0 Å². The van der Waals surface area contributed by atoms with E-state index in [1.54, 1.807) is 0 Å². The molecule has 0 spiro atoms. The van der Waals surface area contributed by atoms with Gasteiger partial charge in [-0.25, -0.2) is 0 Å². The molecule has 0 aliphatic carbocycles. The third-order valence-corrected chi connectivity index (χ3v) is 3.18. The van der Waals surface area contributed by atoms with Crippen molar-refractivity contribution in [2.75, 3.05) is 0 Å². The average molecular weight is 310 g/mol. The van der Waals surface area contributed by atoms with Gasteiger partial charge in [-0.3, -0.25) is 0 Å². The van der Waals surface area contributed by atoms with E-state index < -0.39 is 0 Å². The molecule has 0 N–H and O–H groups in total. The van der Waals surface area contributed by atoms with E-state index in [1.165, 1.54) is 20.1 Å². The van der Waals surface area contributed by atoms with E-state index >= 15 is 0 Å². The van der Waals surface area contributed by atoms with Gasteiger partial charge in [0.05, 0.1) is 0 Å². The van der Waals surface area contributed by atoms with Crippen LogP contribution in [0.4, 0.5) is 0 Å². The Kier molecular flexibility index (Phi) is 3.10. The molecular formula is C12H8Se2. The maximum absolute atomic E-state index is 2.98. The first-order valence-corrected chi connectivity index (χ1v) is 6.01. The molecule has 0 nitrogen and oxygen atoms in total. The molecule has 0 heterocycles. The molecule has 0 saturated heterocycles. The molecule has 0 aliphatic heterocycles. The van der Waals surface area contributed by atoms with Crippen LogP contribution in [0, 0.1) is 0 Å². The van der Waals surface area contributed by atoms with Crippen molar-refractivity contribution >= 4 is 40.9 Å². The summed E-state index contributed by atoms with van der Waals surface area (Å²) in [6.45, 7) is 0. The topological polar surface area (TPSA) is 0 Å². The van der Waals surface area contributed by atoms with Crippen LogP contribution in [0.2, 0.25) is 0 Å². The van der Waals surface area contributed by atoms with E-state index in [0.29, 0.717) is 0 Å². The van der Waals surface area contributed by atoms with Crippen molar-refractivity contribution in [2.24, 2.45) is 0 Å². The van der Waals surface area contributed by atoms with Gasteiger partial charge in [-0.05, 0) is 0 Å². The second-order valence-corrected chi connectivity index (χ2v) is 5.03. The molecule has 0 saturated carbocycles. The van der Waals surface area contributed by atoms with Crippen LogP contribution in [0.3, 0.4) is 0 Å². The summed E-state index contributed by atoms with van der Waals surface area (Å²) in [5.41, 5.74) is 2.51. The van der Waals surface area contributed by atoms with Crippen LogP contribution < -0.4 is 8.92 Å². The zero-order chi connectivity index (χ0) is 9.97. The van der Waals surface area contributed by atoms with Gasteiger partial charge in [0, 0.05) is 0 Å². The molecule has 14 heavy (non-hydrogen) atoms. The predicted molar refractivity (Wildman–Crippen MR) is 62.7 cm³/mol. The first-order valence-electron chi connectivity index (χ1n) is 4.30. The summed E-state index contributed by atoms with van der Waals surface area (Å²) in [5, 5.41) is 0. The molecular weight excluding hydrogens is 302 g/mol. The first kappa shape index (κ1) is 10.0. The van der Waals surface area contributed by atoms with E-state index in [1.807, 2.05) is 0 Å². The average Bonchev–Trinajstić information content (AvgIpc) is 2.21. The van der Waals surface area contributed by atoms with Crippen molar-refractivity contribution in [1.82, 2.24) is 0 Å². The standard InChI is InChI=1S/C12H8Se2/c13-11-5-1-9(2-6-11)10-3-7-12(14)8-4-10/h1-8H. The quantitative estimate of drug-likeness (QED) is 0.688. The fourth-order valence-corrected chi connectivity index (χ4v) is 1.87. The summed E-state index contributed by atoms with van der Waals surface area (Å²) in [5.74, 6) is 0. The molecule has 0 aliphatic rings. The van der Waals surface area contributed by atoms with E-state index in [-0.39, 0.29) is 0 Å². The number of hydrogen-bond donors (Lipinski definition) is 0. The number of rotatable bonds is 1. The Hall–Kier alpha value is -0.521. The molecule has 0 fully saturated rings. The van der Waals surface area contributed by atoms with Gasteiger partial charge in [0.25, 0.3) is 0 Å². The van der Waals surface area contributed by atoms with Crippen molar-refractivity contribution < 1.29 is 0 Å². The summed E-state index contributed by atoms with van der Waals surface area (Å²) in [6, 6.07) is 16.8. The van der Waals surface area contributed by atoms with Gasteiger partial charge >= 0.3 is 101 Å². The van der Waals surface area contributed by atoms with E-state index in [2.05, 4.69) is 80.6 Å². The van der Waals surface area contributed by atoms with Gasteiger partial charge in [0.15, 0.2) is 0 Å². The van der Waals surface area contributed by atoms with Crippen LogP contribution in [0.15, 0.2) is 48.5 Å². The summed E-state index contributed by atoms with van der Waals surface area (Å²) < 4.78 is 2.35. The third kappa shape index (κ3) is 2.29. The zero-order valence-corrected chi connectivity index (χ0v) is 10.9. The first-order chi connectivity index (χ1) is 6.75. The van der Waals surface area contributed by atoms with Gasteiger partial charge in [0.2, 0.25) is 0 Å². The third-order valence-electron chi connectivity index (χ3n) is 2.04. The Labute approximate surface area is 100 Å². The van der Waals surface area contributed by atoms with Gasteiger partial charge in [0.1, 0.15) is 0 Å². The van der Waals surface area contributed by atoms with Gasteiger partial charge in [-0.2, -0.15) is 0 Å². The Morgan fingerprint density at radius 1 is 0.500 bits per heavy atom. The molecule has 0 amide bonds. The second-order valence-electron chi connectivity index (χ2n) is 3.05. The van der Waals surface area contributed by atoms with Crippen molar-refractivity contribution in [3.05, 3.63) is 48.5 Å². The Bertz CT molecular complexity index is 372. The SMILES string of the molecule is [Se]c1ccc(-c2ccc([Se])cc2)cc1. The summed E-state index contributed by atoms with van der Waals surface area (Å²) >= 11 is 5.97. The molecule has 0 unspecified atom stereocenters. The van der Waals surface area contributed by atoms with E-state index in [9.17, 15) is 0 Å². The molecule has 0 atom stereocenters. The molecule has 2 heteroatoms. The molecule has 2 aromatic carbocycles. The van der Waals surface area contributed by atoms with Crippen LogP contribution in [0.25, 0.3) is 11.1 Å². The fraction of sp³-hybridized carbons (Fsp3) is 0. The predicted octanol–water partition coefficient (Wildman–Crippen LogP) is 0.941. The van der Waals surface area contributed by atoms with Crippen molar-refractivity contribution in [3.63, 3.8) is 0 Å². The Balaban J connectivity index is 2.40. The second kappa shape index (κ2) is 4.33. The van der Waals surface area contributed by atoms with Crippen molar-refractivity contribution in [2.45, 2.75) is 0 Å². The molecule has 68 valence electrons. The molecule has 0 aromatic heterocycles. The summed E-state index contributed by atoms with van der Waals surface area (Å²) in [6.07, 6.45) is 0. The molecule has 0 bridgehead atoms. The van der Waals surface area contributed by atoms with Gasteiger partial charge in [-0.15, -0.1) is 0 Å². The van der Waals surface area contributed by atoms with Crippen LogP contribution in [-0.4, -0.2) is 32.0 Å². The van der Waals surface area contributed by atoms with Gasteiger partial charge in [-0.1, -0.05) is 0 Å². The number of hydrogen-bond acceptors (Lipinski definition) is 0. The fourth-order valence-electron chi connectivity index (χ4n) is 1.29. The molecule has 2 radical (unpaired) electrons. The minimum atomic E-state index is 1.18. The number of benzene rings is 2. The zero-order valence-electron chi connectivity index (χ0n) is 7.44. The van der Waals surface area contributed by atoms with Crippen molar-refractivity contribution in [1.29, 1.82) is 0 Å². The summed E-state index contributed by atoms with van der Waals surface area (Å²) in [4.78, 5) is 0. The minimum absolute atomic E-state index is 1.18. The molecule has 2 rings (SSSR count). The van der Waals surface area contributed by atoms with Crippen LogP contribution >= 0.6 is 0 Å². The maximum atomic E-state index is 2.98. The Morgan fingerprint density at radius 2 is 0.786 bits per heavy atom. The van der Waals surface area contributed by atoms with E-state index in [4.69, 9.17) is 0 Å². The normalized spacial score (nSPS) is 10.0. The van der Waals surface area contributed by atoms with E-state index in [0.717, 1.165) is 0 Å².